The SMILES string of the molecule is Cc1ccc(C(C)(c2ccccc2)c2ccccc2)c(O)c1C=Nc1cc(C(F)(F)F)cc(C(F)(F)F)c1.[Cl][Zr][Cl]. The van der Waals surface area contributed by atoms with E-state index in [4.69, 9.17) is 17.0 Å². The number of aromatic hydroxyl groups is 1. The standard InChI is InChI=1S/C30H23F6NO.2ClH.Zr/c1-19-13-14-26(28(2,20-9-5-3-6-10-20)21-11-7-4-8-12-21)27(38)25(19)18-37-24-16-22(29(31,32)33)15-23(17-24)30(34,35)36;;;/h3-18,38H,1-2H3;2*1H;/q;;;+2/p-2. The third-order valence-corrected chi connectivity index (χ3v) is 6.59. The fourth-order valence-corrected chi connectivity index (χ4v) is 4.45. The van der Waals surface area contributed by atoms with Gasteiger partial charge in [0.2, 0.25) is 0 Å². The van der Waals surface area contributed by atoms with Gasteiger partial charge in [-0.15, -0.1) is 0 Å². The molecule has 0 atom stereocenters. The van der Waals surface area contributed by atoms with Crippen molar-refractivity contribution in [3.63, 3.8) is 0 Å². The van der Waals surface area contributed by atoms with Gasteiger partial charge in [-0.3, -0.25) is 4.99 Å². The topological polar surface area (TPSA) is 32.6 Å². The number of rotatable bonds is 5. The second-order valence-electron chi connectivity index (χ2n) is 9.14. The molecule has 0 bridgehead atoms. The number of phenolic OH excluding ortho intramolecular Hbond substituents is 1. The van der Waals surface area contributed by atoms with Crippen LogP contribution in [0.5, 0.6) is 5.75 Å². The van der Waals surface area contributed by atoms with E-state index in [0.29, 0.717) is 23.3 Å². The molecule has 0 unspecified atom stereocenters. The van der Waals surface area contributed by atoms with Gasteiger partial charge in [-0.2, -0.15) is 26.3 Å². The van der Waals surface area contributed by atoms with Gasteiger partial charge in [0, 0.05) is 22.8 Å². The number of hydrogen-bond donors (Lipinski definition) is 1. The molecule has 2 nitrogen and oxygen atoms in total. The molecule has 4 aromatic rings. The molecule has 4 aromatic carbocycles. The first-order chi connectivity index (χ1) is 19.2. The van der Waals surface area contributed by atoms with Crippen LogP contribution in [0.2, 0.25) is 0 Å². The van der Waals surface area contributed by atoms with Crippen LogP contribution < -0.4 is 0 Å². The molecule has 4 rings (SSSR count). The molecule has 0 saturated carbocycles. The third kappa shape index (κ3) is 7.82. The van der Waals surface area contributed by atoms with Gasteiger partial charge < -0.3 is 5.11 Å². The normalized spacial score (nSPS) is 12.1. The van der Waals surface area contributed by atoms with Crippen LogP contribution in [0.15, 0.2) is 96.0 Å². The van der Waals surface area contributed by atoms with Gasteiger partial charge in [0.15, 0.2) is 0 Å². The van der Waals surface area contributed by atoms with Crippen molar-refractivity contribution >= 4 is 28.9 Å². The Hall–Kier alpha value is -2.61. The van der Waals surface area contributed by atoms with Crippen molar-refractivity contribution in [2.75, 3.05) is 0 Å². The maximum absolute atomic E-state index is 13.3. The minimum atomic E-state index is -4.99. The van der Waals surface area contributed by atoms with Crippen LogP contribution in [0.4, 0.5) is 32.0 Å². The molecule has 0 radical (unpaired) electrons. The maximum atomic E-state index is 13.3. The summed E-state index contributed by atoms with van der Waals surface area (Å²) in [5.74, 6) is -0.174. The zero-order chi connectivity index (χ0) is 30.4. The molecule has 0 heterocycles. The summed E-state index contributed by atoms with van der Waals surface area (Å²) in [4.78, 5) is 3.93. The third-order valence-electron chi connectivity index (χ3n) is 6.59. The van der Waals surface area contributed by atoms with Gasteiger partial charge in [-0.1, -0.05) is 72.8 Å². The fraction of sp³-hybridized carbons (Fsp3) is 0.167. The summed E-state index contributed by atoms with van der Waals surface area (Å²) in [6.45, 7) is 3.60. The zero-order valence-electron chi connectivity index (χ0n) is 21.7. The molecule has 0 aliphatic rings. The second kappa shape index (κ2) is 13.6. The Balaban J connectivity index is 0.00000147. The predicted molar refractivity (Wildman–Crippen MR) is 147 cm³/mol. The number of aryl methyl sites for hydroxylation is 1. The van der Waals surface area contributed by atoms with Crippen molar-refractivity contribution in [2.45, 2.75) is 31.6 Å². The Morgan fingerprint density at radius 1 is 0.707 bits per heavy atom. The summed E-state index contributed by atoms with van der Waals surface area (Å²) in [6.07, 6.45) is -8.88. The van der Waals surface area contributed by atoms with E-state index in [1.54, 1.807) is 19.1 Å². The van der Waals surface area contributed by atoms with Crippen LogP contribution in [0.1, 0.15) is 45.9 Å². The Morgan fingerprint density at radius 2 is 1.15 bits per heavy atom. The second-order valence-corrected chi connectivity index (χ2v) is 12.9. The predicted octanol–water partition coefficient (Wildman–Crippen LogP) is 10.2. The molecule has 214 valence electrons. The van der Waals surface area contributed by atoms with Crippen molar-refractivity contribution in [3.05, 3.63) is 130 Å². The van der Waals surface area contributed by atoms with E-state index in [9.17, 15) is 31.4 Å². The van der Waals surface area contributed by atoms with E-state index < -0.39 is 55.4 Å². The van der Waals surface area contributed by atoms with E-state index in [1.165, 1.54) is 0 Å². The first-order valence-corrected chi connectivity index (χ1v) is 18.3. The van der Waals surface area contributed by atoms with E-state index in [2.05, 4.69) is 4.99 Å². The minimum absolute atomic E-state index is 0.0491. The van der Waals surface area contributed by atoms with Crippen LogP contribution in [0, 0.1) is 6.92 Å². The van der Waals surface area contributed by atoms with Crippen LogP contribution in [0.3, 0.4) is 0 Å². The average Bonchev–Trinajstić information content (AvgIpc) is 2.93. The van der Waals surface area contributed by atoms with E-state index >= 15 is 0 Å². The van der Waals surface area contributed by atoms with E-state index in [0.717, 1.165) is 17.3 Å². The van der Waals surface area contributed by atoms with Crippen LogP contribution in [-0.4, -0.2) is 11.3 Å². The van der Waals surface area contributed by atoms with Crippen molar-refractivity contribution in [1.82, 2.24) is 0 Å². The van der Waals surface area contributed by atoms with Gasteiger partial charge in [0.25, 0.3) is 0 Å². The number of hydrogen-bond acceptors (Lipinski definition) is 2. The van der Waals surface area contributed by atoms with Gasteiger partial charge >= 0.3 is 50.2 Å². The first kappa shape index (κ1) is 32.9. The molecule has 0 spiro atoms. The Kier molecular flexibility index (Phi) is 10.9. The summed E-state index contributed by atoms with van der Waals surface area (Å²) in [7, 11) is 9.87. The zero-order valence-corrected chi connectivity index (χ0v) is 25.6. The number of benzene rings is 4. The molecule has 0 aliphatic heterocycles. The molecule has 0 saturated heterocycles. The molecule has 41 heavy (non-hydrogen) atoms. The summed E-state index contributed by atoms with van der Waals surface area (Å²) in [6, 6.07) is 23.5. The van der Waals surface area contributed by atoms with Gasteiger partial charge in [0.1, 0.15) is 5.75 Å². The summed E-state index contributed by atoms with van der Waals surface area (Å²) in [5, 5.41) is 11.4. The number of alkyl halides is 6. The molecule has 0 aliphatic carbocycles. The molecule has 0 fully saturated rings. The fourth-order valence-electron chi connectivity index (χ4n) is 4.45. The molecule has 0 aromatic heterocycles. The quantitative estimate of drug-likeness (QED) is 0.126. The van der Waals surface area contributed by atoms with Crippen LogP contribution in [-0.2, 0) is 38.6 Å². The van der Waals surface area contributed by atoms with Crippen molar-refractivity contribution in [1.29, 1.82) is 0 Å². The van der Waals surface area contributed by atoms with E-state index in [1.807, 2.05) is 67.6 Å². The average molecular weight is 690 g/mol. The summed E-state index contributed by atoms with van der Waals surface area (Å²) in [5.41, 5.74) is -1.31. The van der Waals surface area contributed by atoms with Crippen molar-refractivity contribution in [3.8, 4) is 5.75 Å². The Labute approximate surface area is 252 Å². The van der Waals surface area contributed by atoms with E-state index in [-0.39, 0.29) is 17.4 Å². The molecule has 0 amide bonds. The number of nitrogens with zero attached hydrogens (tertiary/aromatic N) is 1. The van der Waals surface area contributed by atoms with Gasteiger partial charge in [-0.25, -0.2) is 0 Å². The number of phenols is 1. The van der Waals surface area contributed by atoms with Gasteiger partial charge in [-0.05, 0) is 48.7 Å². The number of aliphatic imine (C=N–C) groups is 1. The summed E-state index contributed by atoms with van der Waals surface area (Å²) < 4.78 is 79.6. The van der Waals surface area contributed by atoms with Crippen molar-refractivity contribution < 1.29 is 52.3 Å². The molecular formula is C30H23Cl2F6NOZr. The Bertz CT molecular complexity index is 1420. The number of halogens is 8. The molecule has 1 N–H and O–H groups in total. The molecule has 11 heteroatoms. The monoisotopic (exact) mass is 687 g/mol. The van der Waals surface area contributed by atoms with Crippen molar-refractivity contribution in [2.24, 2.45) is 4.99 Å². The van der Waals surface area contributed by atoms with Gasteiger partial charge in [0.05, 0.1) is 16.8 Å². The van der Waals surface area contributed by atoms with Crippen LogP contribution in [0.25, 0.3) is 0 Å². The summed E-state index contributed by atoms with van der Waals surface area (Å²) >= 11 is -0.826. The Morgan fingerprint density at radius 3 is 1.56 bits per heavy atom. The molecular weight excluding hydrogens is 666 g/mol. The first-order valence-electron chi connectivity index (χ1n) is 12.0. The van der Waals surface area contributed by atoms with Crippen LogP contribution >= 0.6 is 17.0 Å².